The molecule has 0 aliphatic rings. The van der Waals surface area contributed by atoms with Gasteiger partial charge in [0.25, 0.3) is 0 Å². The number of anilines is 1. The summed E-state index contributed by atoms with van der Waals surface area (Å²) in [4.78, 5) is 12.4. The van der Waals surface area contributed by atoms with Gasteiger partial charge in [-0.2, -0.15) is 0 Å². The Morgan fingerprint density at radius 3 is 2.35 bits per heavy atom. The number of nitrogens with one attached hydrogen (secondary N) is 2. The van der Waals surface area contributed by atoms with E-state index < -0.39 is 6.03 Å². The lowest BCUT2D eigenvalue weighted by Gasteiger charge is -2.13. The van der Waals surface area contributed by atoms with E-state index in [1.807, 2.05) is 0 Å². The lowest BCUT2D eigenvalue weighted by Crippen LogP contribution is -2.29. The van der Waals surface area contributed by atoms with Crippen molar-refractivity contribution in [2.24, 2.45) is 0 Å². The lowest BCUT2D eigenvalue weighted by atomic mass is 10.2. The van der Waals surface area contributed by atoms with Crippen molar-refractivity contribution in [3.8, 4) is 5.69 Å². The van der Waals surface area contributed by atoms with E-state index >= 15 is 0 Å². The SMILES string of the molecule is O=C(NCc1nnc(SCc2ccc(F)cc2)n1-c1ccc(Cl)cc1Cl)Nc1ccc(Cl)cc1. The fourth-order valence-corrected chi connectivity index (χ4v) is 4.55. The van der Waals surface area contributed by atoms with E-state index in [1.165, 1.54) is 23.9 Å². The second-order valence-corrected chi connectivity index (χ2v) is 9.28. The van der Waals surface area contributed by atoms with Crippen molar-refractivity contribution in [3.05, 3.63) is 99.0 Å². The molecule has 1 aromatic heterocycles. The maximum Gasteiger partial charge on any atom is 0.319 e. The van der Waals surface area contributed by atoms with Crippen LogP contribution in [0.25, 0.3) is 5.69 Å². The van der Waals surface area contributed by atoms with Gasteiger partial charge in [-0.05, 0) is 60.2 Å². The molecular weight excluding hydrogens is 520 g/mol. The molecule has 4 rings (SSSR count). The molecule has 4 aromatic rings. The zero-order chi connectivity index (χ0) is 24.1. The van der Waals surface area contributed by atoms with Gasteiger partial charge in [0.15, 0.2) is 11.0 Å². The molecule has 0 radical (unpaired) electrons. The van der Waals surface area contributed by atoms with Crippen molar-refractivity contribution in [1.82, 2.24) is 20.1 Å². The van der Waals surface area contributed by atoms with Gasteiger partial charge < -0.3 is 10.6 Å². The Hall–Kier alpha value is -2.78. The topological polar surface area (TPSA) is 71.8 Å². The molecule has 11 heteroatoms. The number of hydrogen-bond donors (Lipinski definition) is 2. The van der Waals surface area contributed by atoms with Gasteiger partial charge in [0.2, 0.25) is 0 Å². The average molecular weight is 537 g/mol. The number of benzene rings is 3. The minimum Gasteiger partial charge on any atom is -0.331 e. The normalized spacial score (nSPS) is 10.8. The summed E-state index contributed by atoms with van der Waals surface area (Å²) in [5, 5.41) is 16.1. The number of rotatable bonds is 7. The van der Waals surface area contributed by atoms with Crippen LogP contribution in [0, 0.1) is 5.82 Å². The molecule has 174 valence electrons. The average Bonchev–Trinajstić information content (AvgIpc) is 3.21. The smallest absolute Gasteiger partial charge is 0.319 e. The number of nitrogens with zero attached hydrogens (tertiary/aromatic N) is 3. The van der Waals surface area contributed by atoms with Crippen molar-refractivity contribution in [2.75, 3.05) is 5.32 Å². The molecule has 2 N–H and O–H groups in total. The van der Waals surface area contributed by atoms with Crippen LogP contribution < -0.4 is 10.6 Å². The third kappa shape index (κ3) is 6.21. The van der Waals surface area contributed by atoms with Crippen LogP contribution in [0.3, 0.4) is 0 Å². The van der Waals surface area contributed by atoms with Crippen LogP contribution in [0.1, 0.15) is 11.4 Å². The van der Waals surface area contributed by atoms with Crippen molar-refractivity contribution in [2.45, 2.75) is 17.5 Å². The summed E-state index contributed by atoms with van der Waals surface area (Å²) in [5.41, 5.74) is 2.14. The summed E-state index contributed by atoms with van der Waals surface area (Å²) in [6.07, 6.45) is 0. The van der Waals surface area contributed by atoms with E-state index in [-0.39, 0.29) is 12.4 Å². The second-order valence-electron chi connectivity index (χ2n) is 7.06. The number of halogens is 4. The number of aromatic nitrogens is 3. The Balaban J connectivity index is 1.54. The first kappa shape index (κ1) is 24.3. The van der Waals surface area contributed by atoms with Crippen molar-refractivity contribution >= 4 is 58.3 Å². The van der Waals surface area contributed by atoms with Crippen LogP contribution in [0.4, 0.5) is 14.9 Å². The second kappa shape index (κ2) is 11.1. The molecule has 34 heavy (non-hydrogen) atoms. The predicted octanol–water partition coefficient (Wildman–Crippen LogP) is 6.98. The van der Waals surface area contributed by atoms with Crippen LogP contribution in [-0.4, -0.2) is 20.8 Å². The quantitative estimate of drug-likeness (QED) is 0.250. The van der Waals surface area contributed by atoms with Gasteiger partial charge in [0, 0.05) is 21.5 Å². The largest absolute Gasteiger partial charge is 0.331 e. The van der Waals surface area contributed by atoms with Gasteiger partial charge in [-0.25, -0.2) is 9.18 Å². The van der Waals surface area contributed by atoms with E-state index in [0.717, 1.165) is 5.56 Å². The summed E-state index contributed by atoms with van der Waals surface area (Å²) >= 11 is 19.8. The molecule has 1 heterocycles. The Morgan fingerprint density at radius 1 is 0.941 bits per heavy atom. The first-order valence-electron chi connectivity index (χ1n) is 9.96. The highest BCUT2D eigenvalue weighted by molar-refractivity contribution is 7.98. The van der Waals surface area contributed by atoms with Crippen molar-refractivity contribution in [3.63, 3.8) is 0 Å². The third-order valence-corrected chi connectivity index (χ3v) is 6.43. The van der Waals surface area contributed by atoms with Crippen LogP contribution >= 0.6 is 46.6 Å². The third-order valence-electron chi connectivity index (χ3n) is 4.64. The lowest BCUT2D eigenvalue weighted by molar-refractivity contribution is 0.251. The van der Waals surface area contributed by atoms with Crippen LogP contribution in [0.2, 0.25) is 15.1 Å². The van der Waals surface area contributed by atoms with Crippen LogP contribution in [0.15, 0.2) is 71.9 Å². The van der Waals surface area contributed by atoms with E-state index in [4.69, 9.17) is 34.8 Å². The zero-order valence-corrected chi connectivity index (χ0v) is 20.5. The fraction of sp³-hybridized carbons (Fsp3) is 0.0870. The first-order chi connectivity index (χ1) is 16.4. The highest BCUT2D eigenvalue weighted by Crippen LogP contribution is 2.30. The summed E-state index contributed by atoms with van der Waals surface area (Å²) in [6, 6.07) is 17.7. The number of carbonyl (C=O) groups is 1. The Kier molecular flexibility index (Phi) is 7.95. The number of hydrogen-bond acceptors (Lipinski definition) is 4. The van der Waals surface area contributed by atoms with Gasteiger partial charge in [0.1, 0.15) is 5.82 Å². The molecule has 0 bridgehead atoms. The highest BCUT2D eigenvalue weighted by Gasteiger charge is 2.18. The van der Waals surface area contributed by atoms with E-state index in [1.54, 1.807) is 59.2 Å². The van der Waals surface area contributed by atoms with Gasteiger partial charge >= 0.3 is 6.03 Å². The molecule has 0 atom stereocenters. The van der Waals surface area contributed by atoms with Crippen molar-refractivity contribution < 1.29 is 9.18 Å². The molecule has 0 spiro atoms. The molecule has 0 aliphatic carbocycles. The molecular formula is C23H17Cl3FN5OS. The van der Waals surface area contributed by atoms with Gasteiger partial charge in [-0.1, -0.05) is 58.7 Å². The van der Waals surface area contributed by atoms with Gasteiger partial charge in [-0.15, -0.1) is 10.2 Å². The summed E-state index contributed by atoms with van der Waals surface area (Å²) in [6.45, 7) is 0.0858. The molecule has 0 unspecified atom stereocenters. The minimum absolute atomic E-state index is 0.0858. The summed E-state index contributed by atoms with van der Waals surface area (Å²) in [5.74, 6) is 0.709. The Morgan fingerprint density at radius 2 is 1.65 bits per heavy atom. The Labute approximate surface area is 214 Å². The maximum absolute atomic E-state index is 13.2. The monoisotopic (exact) mass is 535 g/mol. The highest BCUT2D eigenvalue weighted by atomic mass is 35.5. The number of amides is 2. The van der Waals surface area contributed by atoms with E-state index in [0.29, 0.717) is 43.2 Å². The number of urea groups is 1. The van der Waals surface area contributed by atoms with Crippen LogP contribution in [0.5, 0.6) is 0 Å². The summed E-state index contributed by atoms with van der Waals surface area (Å²) < 4.78 is 15.0. The Bertz CT molecular complexity index is 1300. The molecule has 0 saturated carbocycles. The molecule has 0 saturated heterocycles. The van der Waals surface area contributed by atoms with Gasteiger partial charge in [-0.3, -0.25) is 4.57 Å². The van der Waals surface area contributed by atoms with Crippen LogP contribution in [-0.2, 0) is 12.3 Å². The standard InChI is InChI=1S/C23H17Cl3FN5OS/c24-15-3-8-18(9-4-15)29-22(33)28-12-21-30-31-23(34-13-14-1-6-17(27)7-2-14)32(21)20-10-5-16(25)11-19(20)26/h1-11H,12-13H2,(H2,28,29,33). The predicted molar refractivity (Wildman–Crippen MR) is 135 cm³/mol. The van der Waals surface area contributed by atoms with Gasteiger partial charge in [0.05, 0.1) is 17.3 Å². The van der Waals surface area contributed by atoms with E-state index in [2.05, 4.69) is 20.8 Å². The fourth-order valence-electron chi connectivity index (χ4n) is 3.01. The molecule has 6 nitrogen and oxygen atoms in total. The molecule has 3 aromatic carbocycles. The number of thioether (sulfide) groups is 1. The number of carbonyl (C=O) groups excluding carboxylic acids is 1. The van der Waals surface area contributed by atoms with E-state index in [9.17, 15) is 9.18 Å². The molecule has 0 aliphatic heterocycles. The molecule has 2 amide bonds. The minimum atomic E-state index is -0.417. The zero-order valence-electron chi connectivity index (χ0n) is 17.4. The molecule has 0 fully saturated rings. The first-order valence-corrected chi connectivity index (χ1v) is 12.1. The maximum atomic E-state index is 13.2. The van der Waals surface area contributed by atoms with Crippen molar-refractivity contribution in [1.29, 1.82) is 0 Å². The summed E-state index contributed by atoms with van der Waals surface area (Å²) in [7, 11) is 0.